The highest BCUT2D eigenvalue weighted by molar-refractivity contribution is 9.10. The minimum absolute atomic E-state index is 0.0210. The van der Waals surface area contributed by atoms with Gasteiger partial charge in [-0.3, -0.25) is 19.1 Å². The number of fused-ring (bicyclic) bond motifs is 3. The first-order valence-corrected chi connectivity index (χ1v) is 12.8. The maximum Gasteiger partial charge on any atom is 0.248 e. The zero-order valence-corrected chi connectivity index (χ0v) is 21.3. The summed E-state index contributed by atoms with van der Waals surface area (Å²) < 4.78 is 2.37. The lowest BCUT2D eigenvalue weighted by atomic mass is 10.0. The number of benzene rings is 1. The predicted molar refractivity (Wildman–Crippen MR) is 134 cm³/mol. The first-order chi connectivity index (χ1) is 16.7. The summed E-state index contributed by atoms with van der Waals surface area (Å²) in [5.41, 5.74) is 3.47. The molecule has 3 aromatic rings. The Labute approximate surface area is 211 Å². The van der Waals surface area contributed by atoms with Crippen LogP contribution in [0.2, 0.25) is 0 Å². The number of carbonyl (C=O) groups is 3. The Morgan fingerprint density at radius 3 is 2.80 bits per heavy atom. The van der Waals surface area contributed by atoms with E-state index in [2.05, 4.69) is 38.3 Å². The monoisotopic (exact) mass is 535 g/mol. The first-order valence-electron chi connectivity index (χ1n) is 12.0. The molecule has 0 spiro atoms. The van der Waals surface area contributed by atoms with Gasteiger partial charge in [-0.25, -0.2) is 4.98 Å². The van der Waals surface area contributed by atoms with Crippen molar-refractivity contribution in [3.8, 4) is 0 Å². The highest BCUT2D eigenvalue weighted by Gasteiger charge is 2.64. The van der Waals surface area contributed by atoms with E-state index in [-0.39, 0.29) is 35.6 Å². The van der Waals surface area contributed by atoms with Gasteiger partial charge in [0.15, 0.2) is 5.78 Å². The molecule has 8 nitrogen and oxygen atoms in total. The Morgan fingerprint density at radius 1 is 1.20 bits per heavy atom. The van der Waals surface area contributed by atoms with Gasteiger partial charge in [0.25, 0.3) is 0 Å². The second kappa shape index (κ2) is 7.98. The van der Waals surface area contributed by atoms with Crippen LogP contribution in [0.1, 0.15) is 54.7 Å². The normalized spacial score (nSPS) is 24.4. The van der Waals surface area contributed by atoms with Crippen molar-refractivity contribution >= 4 is 50.2 Å². The zero-order chi connectivity index (χ0) is 24.5. The van der Waals surface area contributed by atoms with Gasteiger partial charge in [-0.1, -0.05) is 25.1 Å². The number of hydrogen-bond donors (Lipinski definition) is 1. The molecule has 6 rings (SSSR count). The molecule has 2 aromatic heterocycles. The number of carbonyl (C=O) groups excluding carboxylic acids is 3. The molecule has 0 radical (unpaired) electrons. The van der Waals surface area contributed by atoms with E-state index in [0.717, 1.165) is 41.2 Å². The molecule has 0 unspecified atom stereocenters. The van der Waals surface area contributed by atoms with Gasteiger partial charge in [-0.2, -0.15) is 5.10 Å². The number of likely N-dealkylation sites (tertiary alicyclic amines) is 1. The number of amides is 2. The molecular weight excluding hydrogens is 510 g/mol. The van der Waals surface area contributed by atoms with Crippen LogP contribution >= 0.6 is 15.9 Å². The lowest BCUT2D eigenvalue weighted by Crippen LogP contribution is -2.46. The Kier molecular flexibility index (Phi) is 5.11. The van der Waals surface area contributed by atoms with Crippen molar-refractivity contribution in [2.24, 2.45) is 5.41 Å². The van der Waals surface area contributed by atoms with E-state index in [1.165, 1.54) is 18.1 Å². The van der Waals surface area contributed by atoms with Crippen LogP contribution in [0.15, 0.2) is 34.9 Å². The molecular formula is C26H26BrN5O3. The molecule has 0 bridgehead atoms. The van der Waals surface area contributed by atoms with E-state index in [1.54, 1.807) is 9.58 Å². The molecule has 3 atom stereocenters. The number of piperidine rings is 1. The fourth-order valence-electron chi connectivity index (χ4n) is 5.88. The molecule has 1 saturated carbocycles. The zero-order valence-electron chi connectivity index (χ0n) is 19.7. The second-order valence-corrected chi connectivity index (χ2v) is 11.0. The molecule has 2 amide bonds. The van der Waals surface area contributed by atoms with Crippen LogP contribution < -0.4 is 5.32 Å². The summed E-state index contributed by atoms with van der Waals surface area (Å²) in [4.78, 5) is 45.3. The van der Waals surface area contributed by atoms with Crippen molar-refractivity contribution in [3.05, 3.63) is 51.8 Å². The molecule has 2 aliphatic carbocycles. The van der Waals surface area contributed by atoms with Gasteiger partial charge in [-0.15, -0.1) is 0 Å². The first kappa shape index (κ1) is 22.4. The van der Waals surface area contributed by atoms with Crippen molar-refractivity contribution in [2.45, 2.75) is 64.6 Å². The number of nitrogens with one attached hydrogen (secondary N) is 1. The van der Waals surface area contributed by atoms with E-state index in [1.807, 2.05) is 30.3 Å². The molecule has 35 heavy (non-hydrogen) atoms. The molecule has 9 heteroatoms. The quantitative estimate of drug-likeness (QED) is 0.394. The number of rotatable bonds is 5. The number of aryl methyl sites for hydroxylation is 1. The summed E-state index contributed by atoms with van der Waals surface area (Å²) in [7, 11) is 0. The van der Waals surface area contributed by atoms with Gasteiger partial charge in [0, 0.05) is 18.4 Å². The molecule has 180 valence electrons. The summed E-state index contributed by atoms with van der Waals surface area (Å²) >= 11 is 3.54. The maximum atomic E-state index is 13.6. The summed E-state index contributed by atoms with van der Waals surface area (Å²) in [5.74, 6) is 0.000107. The molecule has 3 heterocycles. The van der Waals surface area contributed by atoms with E-state index >= 15 is 0 Å². The van der Waals surface area contributed by atoms with Crippen molar-refractivity contribution < 1.29 is 14.4 Å². The Hall–Kier alpha value is -3.07. The average molecular weight is 536 g/mol. The molecule has 1 N–H and O–H groups in total. The van der Waals surface area contributed by atoms with Gasteiger partial charge in [0.1, 0.15) is 28.7 Å². The van der Waals surface area contributed by atoms with Crippen molar-refractivity contribution in [1.82, 2.24) is 19.7 Å². The number of ketones is 1. The van der Waals surface area contributed by atoms with E-state index < -0.39 is 6.04 Å². The SMILES string of the molecule is CC(=O)c1nn(CC(=O)N2[C@H](C(=O)Nc3cc4c(c(Br)n3)CCC4)C[C@@]3(C)C[C@@H]23)c2ccccc12. The number of hydrogen-bond acceptors (Lipinski definition) is 5. The predicted octanol–water partition coefficient (Wildman–Crippen LogP) is 3.90. The minimum Gasteiger partial charge on any atom is -0.325 e. The highest BCUT2D eigenvalue weighted by Crippen LogP contribution is 2.59. The van der Waals surface area contributed by atoms with E-state index in [9.17, 15) is 14.4 Å². The van der Waals surface area contributed by atoms with Crippen LogP contribution in [0.3, 0.4) is 0 Å². The number of halogens is 1. The maximum absolute atomic E-state index is 13.6. The van der Waals surface area contributed by atoms with Gasteiger partial charge < -0.3 is 10.2 Å². The van der Waals surface area contributed by atoms with E-state index in [0.29, 0.717) is 17.9 Å². The number of anilines is 1. The number of nitrogens with zero attached hydrogens (tertiary/aromatic N) is 4. The molecule has 1 aromatic carbocycles. The van der Waals surface area contributed by atoms with Crippen LogP contribution in [-0.2, 0) is 29.0 Å². The Bertz CT molecular complexity index is 1420. The summed E-state index contributed by atoms with van der Waals surface area (Å²) in [6.45, 7) is 3.59. The largest absolute Gasteiger partial charge is 0.325 e. The minimum atomic E-state index is -0.561. The fraction of sp³-hybridized carbons (Fsp3) is 0.423. The van der Waals surface area contributed by atoms with Crippen molar-refractivity contribution in [3.63, 3.8) is 0 Å². The third kappa shape index (κ3) is 3.67. The number of pyridine rings is 1. The standard InChI is InChI=1S/C26H26BrN5O3/c1-14(33)23-17-7-3-4-9-18(17)31(30-23)13-22(34)32-19(11-26(2)12-20(26)32)25(35)29-21-10-15-6-5-8-16(15)24(27)28-21/h3-4,7,9-10,19-20H,5-6,8,11-13H2,1-2H3,(H,28,29,35)/t19-,20+,26-/m0/s1. The van der Waals surface area contributed by atoms with Crippen LogP contribution in [-0.4, -0.2) is 49.3 Å². The fourth-order valence-corrected chi connectivity index (χ4v) is 6.53. The molecule has 1 saturated heterocycles. The van der Waals surface area contributed by atoms with E-state index in [4.69, 9.17) is 0 Å². The lowest BCUT2D eigenvalue weighted by Gasteiger charge is -2.27. The van der Waals surface area contributed by atoms with Gasteiger partial charge in [0.2, 0.25) is 11.8 Å². The lowest BCUT2D eigenvalue weighted by molar-refractivity contribution is -0.138. The van der Waals surface area contributed by atoms with Gasteiger partial charge >= 0.3 is 0 Å². The second-order valence-electron chi connectivity index (χ2n) is 10.3. The topological polar surface area (TPSA) is 97.2 Å². The Morgan fingerprint density at radius 2 is 2.00 bits per heavy atom. The summed E-state index contributed by atoms with van der Waals surface area (Å²) in [5, 5.41) is 8.14. The molecule has 2 fully saturated rings. The molecule has 1 aliphatic heterocycles. The third-order valence-electron chi connectivity index (χ3n) is 7.79. The average Bonchev–Trinajstić information content (AvgIpc) is 3.18. The van der Waals surface area contributed by atoms with Crippen LogP contribution in [0, 0.1) is 5.41 Å². The summed E-state index contributed by atoms with van der Waals surface area (Å²) in [6, 6.07) is 8.84. The van der Waals surface area contributed by atoms with Crippen molar-refractivity contribution in [1.29, 1.82) is 0 Å². The smallest absolute Gasteiger partial charge is 0.248 e. The third-order valence-corrected chi connectivity index (χ3v) is 8.45. The van der Waals surface area contributed by atoms with Crippen LogP contribution in [0.25, 0.3) is 10.9 Å². The van der Waals surface area contributed by atoms with Gasteiger partial charge in [0.05, 0.1) is 5.52 Å². The van der Waals surface area contributed by atoms with Crippen molar-refractivity contribution in [2.75, 3.05) is 5.32 Å². The van der Waals surface area contributed by atoms with Crippen LogP contribution in [0.5, 0.6) is 0 Å². The Balaban J connectivity index is 1.25. The highest BCUT2D eigenvalue weighted by atomic mass is 79.9. The number of para-hydroxylation sites is 1. The van der Waals surface area contributed by atoms with Crippen LogP contribution in [0.4, 0.5) is 5.82 Å². The molecule has 3 aliphatic rings. The number of Topliss-reactive ketones (excluding diaryl/α,β-unsaturated/α-hetero) is 1. The summed E-state index contributed by atoms with van der Waals surface area (Å²) in [6.07, 6.45) is 4.58. The number of aromatic nitrogens is 3. The van der Waals surface area contributed by atoms with Gasteiger partial charge in [-0.05, 0) is 76.7 Å².